The number of hydrogen-bond acceptors (Lipinski definition) is 5. The van der Waals surface area contributed by atoms with Crippen molar-refractivity contribution >= 4 is 5.78 Å². The van der Waals surface area contributed by atoms with Crippen molar-refractivity contribution in [1.82, 2.24) is 10.1 Å². The Kier molecular flexibility index (Phi) is 2.51. The molecule has 0 aromatic carbocycles. The predicted octanol–water partition coefficient (Wildman–Crippen LogP) is 2.56. The number of ketones is 1. The maximum atomic E-state index is 11.7. The van der Waals surface area contributed by atoms with Gasteiger partial charge in [-0.1, -0.05) is 11.6 Å². The molecule has 1 unspecified atom stereocenters. The van der Waals surface area contributed by atoms with Crippen molar-refractivity contribution in [3.63, 3.8) is 0 Å². The van der Waals surface area contributed by atoms with Gasteiger partial charge < -0.3 is 8.94 Å². The molecular weight excluding hydrogens is 220 g/mol. The fourth-order valence-electron chi connectivity index (χ4n) is 2.13. The average molecular weight is 232 g/mol. The van der Waals surface area contributed by atoms with Gasteiger partial charge in [-0.25, -0.2) is 0 Å². The molecule has 0 radical (unpaired) electrons. The number of carbonyl (C=O) groups is 1. The largest absolute Gasteiger partial charge is 0.461 e. The van der Waals surface area contributed by atoms with Gasteiger partial charge in [0.25, 0.3) is 0 Å². The molecule has 17 heavy (non-hydrogen) atoms. The number of Topliss-reactive ketones (excluding diaryl/α,β-unsaturated/α-hetero) is 1. The third-order valence-corrected chi connectivity index (χ3v) is 3.04. The van der Waals surface area contributed by atoms with Crippen LogP contribution >= 0.6 is 0 Å². The van der Waals surface area contributed by atoms with Gasteiger partial charge in [-0.2, -0.15) is 4.98 Å². The van der Waals surface area contributed by atoms with Crippen molar-refractivity contribution in [2.75, 3.05) is 0 Å². The van der Waals surface area contributed by atoms with Crippen molar-refractivity contribution in [3.05, 3.63) is 24.3 Å². The lowest BCUT2D eigenvalue weighted by Gasteiger charge is -2.16. The third kappa shape index (κ3) is 1.88. The van der Waals surface area contributed by atoms with Gasteiger partial charge >= 0.3 is 0 Å². The molecule has 1 atom stereocenters. The summed E-state index contributed by atoms with van der Waals surface area (Å²) in [6.45, 7) is 0. The average Bonchev–Trinajstić information content (AvgIpc) is 3.00. The van der Waals surface area contributed by atoms with Crippen LogP contribution in [-0.4, -0.2) is 15.9 Å². The maximum absolute atomic E-state index is 11.7. The van der Waals surface area contributed by atoms with Crippen LogP contribution < -0.4 is 0 Å². The first-order valence-electron chi connectivity index (χ1n) is 5.75. The van der Waals surface area contributed by atoms with Crippen LogP contribution in [0, 0.1) is 0 Å². The van der Waals surface area contributed by atoms with E-state index in [1.165, 1.54) is 0 Å². The fourth-order valence-corrected chi connectivity index (χ4v) is 2.13. The summed E-state index contributed by atoms with van der Waals surface area (Å²) < 4.78 is 10.3. The molecule has 1 aliphatic carbocycles. The Labute approximate surface area is 97.8 Å². The Balaban J connectivity index is 1.87. The fraction of sp³-hybridized carbons (Fsp3) is 0.417. The van der Waals surface area contributed by atoms with Crippen LogP contribution in [0.25, 0.3) is 11.6 Å². The smallest absolute Gasteiger partial charge is 0.238 e. The summed E-state index contributed by atoms with van der Waals surface area (Å²) in [6.07, 6.45) is 4.97. The summed E-state index contributed by atoms with van der Waals surface area (Å²) in [5.41, 5.74) is 0. The van der Waals surface area contributed by atoms with E-state index in [9.17, 15) is 4.79 Å². The molecule has 0 spiro atoms. The van der Waals surface area contributed by atoms with Crippen molar-refractivity contribution in [1.29, 1.82) is 0 Å². The summed E-state index contributed by atoms with van der Waals surface area (Å²) in [4.78, 5) is 16.0. The van der Waals surface area contributed by atoms with Crippen molar-refractivity contribution < 1.29 is 13.7 Å². The lowest BCUT2D eigenvalue weighted by Crippen LogP contribution is -2.17. The van der Waals surface area contributed by atoms with Crippen LogP contribution in [0.4, 0.5) is 0 Å². The van der Waals surface area contributed by atoms with Crippen molar-refractivity contribution in [2.45, 2.75) is 31.6 Å². The molecule has 5 nitrogen and oxygen atoms in total. The van der Waals surface area contributed by atoms with Gasteiger partial charge in [-0.05, 0) is 25.0 Å². The summed E-state index contributed by atoms with van der Waals surface area (Å²) >= 11 is 0. The third-order valence-electron chi connectivity index (χ3n) is 3.04. The Morgan fingerprint density at radius 3 is 3.06 bits per heavy atom. The molecule has 1 saturated carbocycles. The van der Waals surface area contributed by atoms with Crippen LogP contribution in [0.15, 0.2) is 27.3 Å². The van der Waals surface area contributed by atoms with Gasteiger partial charge in [0, 0.05) is 6.42 Å². The minimum absolute atomic E-state index is 0.200. The number of furan rings is 1. The second-order valence-corrected chi connectivity index (χ2v) is 4.20. The molecule has 1 fully saturated rings. The highest BCUT2D eigenvalue weighted by Gasteiger charge is 2.29. The molecule has 0 saturated heterocycles. The topological polar surface area (TPSA) is 69.1 Å². The van der Waals surface area contributed by atoms with Gasteiger partial charge in [0.15, 0.2) is 5.76 Å². The Morgan fingerprint density at radius 1 is 1.35 bits per heavy atom. The van der Waals surface area contributed by atoms with Gasteiger partial charge in [-0.15, -0.1) is 0 Å². The highest BCUT2D eigenvalue weighted by Crippen LogP contribution is 2.30. The molecular formula is C12H12N2O3. The van der Waals surface area contributed by atoms with E-state index in [-0.39, 0.29) is 11.7 Å². The Hall–Kier alpha value is -1.91. The molecule has 3 rings (SSSR count). The first-order chi connectivity index (χ1) is 8.34. The van der Waals surface area contributed by atoms with Crippen molar-refractivity contribution in [3.8, 4) is 11.6 Å². The first-order valence-corrected chi connectivity index (χ1v) is 5.75. The van der Waals surface area contributed by atoms with Crippen LogP contribution in [0.5, 0.6) is 0 Å². The van der Waals surface area contributed by atoms with E-state index in [0.29, 0.717) is 23.9 Å². The molecule has 88 valence electrons. The van der Waals surface area contributed by atoms with Crippen LogP contribution in [0.1, 0.15) is 37.5 Å². The summed E-state index contributed by atoms with van der Waals surface area (Å²) in [6, 6.07) is 3.52. The van der Waals surface area contributed by atoms with E-state index in [4.69, 9.17) is 8.94 Å². The zero-order valence-corrected chi connectivity index (χ0v) is 9.26. The normalized spacial score (nSPS) is 20.7. The summed E-state index contributed by atoms with van der Waals surface area (Å²) in [5.74, 6) is 1.36. The predicted molar refractivity (Wildman–Crippen MR) is 58.2 cm³/mol. The zero-order chi connectivity index (χ0) is 11.7. The number of rotatable bonds is 2. The molecule has 0 bridgehead atoms. The monoisotopic (exact) mass is 232 g/mol. The van der Waals surface area contributed by atoms with Gasteiger partial charge in [0.2, 0.25) is 11.7 Å². The molecule has 0 N–H and O–H groups in total. The molecule has 2 aromatic rings. The van der Waals surface area contributed by atoms with E-state index >= 15 is 0 Å². The molecule has 2 heterocycles. The van der Waals surface area contributed by atoms with E-state index in [1.54, 1.807) is 18.4 Å². The lowest BCUT2D eigenvalue weighted by molar-refractivity contribution is -0.122. The van der Waals surface area contributed by atoms with E-state index in [1.807, 2.05) is 0 Å². The molecule has 1 aliphatic rings. The zero-order valence-electron chi connectivity index (χ0n) is 9.26. The van der Waals surface area contributed by atoms with E-state index < -0.39 is 0 Å². The lowest BCUT2D eigenvalue weighted by atomic mass is 9.88. The molecule has 5 heteroatoms. The van der Waals surface area contributed by atoms with Gasteiger partial charge in [-0.3, -0.25) is 4.79 Å². The number of carbonyl (C=O) groups excluding carboxylic acids is 1. The second kappa shape index (κ2) is 4.16. The number of aromatic nitrogens is 2. The van der Waals surface area contributed by atoms with Gasteiger partial charge in [0.1, 0.15) is 5.78 Å². The minimum atomic E-state index is -0.222. The Bertz CT molecular complexity index is 516. The second-order valence-electron chi connectivity index (χ2n) is 4.20. The summed E-state index contributed by atoms with van der Waals surface area (Å²) in [5, 5.41) is 3.84. The first kappa shape index (κ1) is 10.3. The van der Waals surface area contributed by atoms with Gasteiger partial charge in [0.05, 0.1) is 12.2 Å². The standard InChI is InChI=1S/C12H12N2O3/c15-9-5-2-1-4-8(9)12-13-11(14-17-12)10-6-3-7-16-10/h3,6-8H,1-2,4-5H2. The minimum Gasteiger partial charge on any atom is -0.461 e. The highest BCUT2D eigenvalue weighted by molar-refractivity contribution is 5.85. The summed E-state index contributed by atoms with van der Waals surface area (Å²) in [7, 11) is 0. The number of nitrogens with zero attached hydrogens (tertiary/aromatic N) is 2. The Morgan fingerprint density at radius 2 is 2.29 bits per heavy atom. The van der Waals surface area contributed by atoms with E-state index in [0.717, 1.165) is 19.3 Å². The molecule has 0 aliphatic heterocycles. The van der Waals surface area contributed by atoms with Crippen molar-refractivity contribution in [2.24, 2.45) is 0 Å². The van der Waals surface area contributed by atoms with Crippen LogP contribution in [0.3, 0.4) is 0 Å². The number of hydrogen-bond donors (Lipinski definition) is 0. The molecule has 2 aromatic heterocycles. The SMILES string of the molecule is O=C1CCCCC1c1nc(-c2ccco2)no1. The quantitative estimate of drug-likeness (QED) is 0.795. The maximum Gasteiger partial charge on any atom is 0.238 e. The van der Waals surface area contributed by atoms with Crippen LogP contribution in [0.2, 0.25) is 0 Å². The van der Waals surface area contributed by atoms with E-state index in [2.05, 4.69) is 10.1 Å². The highest BCUT2D eigenvalue weighted by atomic mass is 16.5. The van der Waals surface area contributed by atoms with Crippen LogP contribution in [-0.2, 0) is 4.79 Å². The molecule has 0 amide bonds.